The van der Waals surface area contributed by atoms with E-state index in [1.165, 1.54) is 61.8 Å². The largest absolute Gasteiger partial charge is 0.290 e. The van der Waals surface area contributed by atoms with Gasteiger partial charge in [-0.1, -0.05) is 86.0 Å². The Morgan fingerprint density at radius 2 is 1.40 bits per heavy atom. The average molecular weight is 398 g/mol. The molecule has 1 saturated carbocycles. The van der Waals surface area contributed by atoms with Crippen molar-refractivity contribution in [1.29, 1.82) is 0 Å². The summed E-state index contributed by atoms with van der Waals surface area (Å²) < 4.78 is 0. The van der Waals surface area contributed by atoms with Gasteiger partial charge in [0.2, 0.25) is 0 Å². The van der Waals surface area contributed by atoms with Crippen molar-refractivity contribution in [3.05, 3.63) is 77.9 Å². The van der Waals surface area contributed by atoms with Gasteiger partial charge in [-0.25, -0.2) is 0 Å². The van der Waals surface area contributed by atoms with Crippen LogP contribution in [0.15, 0.2) is 66.7 Å². The van der Waals surface area contributed by atoms with Gasteiger partial charge in [-0.15, -0.1) is 17.0 Å². The van der Waals surface area contributed by atoms with E-state index in [-0.39, 0.29) is 22.5 Å². The van der Waals surface area contributed by atoms with Crippen LogP contribution in [0, 0.1) is 0 Å². The standard InChI is InChI=1S/C23H27N.BrH/c1-4-10-20(11-5-1)21-14-18-24(19-15-21)23(16-8-3-9-17-23)22-12-6-2-7-13-22;/h1-2,4-7,10-14H,3,8-9,15-19H2;1H. The summed E-state index contributed by atoms with van der Waals surface area (Å²) in [6.45, 7) is 2.26. The first-order valence-electron chi connectivity index (χ1n) is 9.44. The molecule has 25 heavy (non-hydrogen) atoms. The minimum atomic E-state index is 0. The van der Waals surface area contributed by atoms with Gasteiger partial charge < -0.3 is 0 Å². The molecule has 0 N–H and O–H groups in total. The van der Waals surface area contributed by atoms with Crippen LogP contribution in [0.3, 0.4) is 0 Å². The molecule has 0 atom stereocenters. The van der Waals surface area contributed by atoms with Crippen LogP contribution in [0.5, 0.6) is 0 Å². The number of rotatable bonds is 3. The zero-order valence-electron chi connectivity index (χ0n) is 14.9. The highest BCUT2D eigenvalue weighted by atomic mass is 79.9. The summed E-state index contributed by atoms with van der Waals surface area (Å²) >= 11 is 0. The van der Waals surface area contributed by atoms with Gasteiger partial charge in [0.25, 0.3) is 0 Å². The van der Waals surface area contributed by atoms with Gasteiger partial charge in [-0.2, -0.15) is 0 Å². The maximum Gasteiger partial charge on any atom is 0.0464 e. The first kappa shape index (κ1) is 18.4. The Labute approximate surface area is 162 Å². The lowest BCUT2D eigenvalue weighted by Crippen LogP contribution is -2.49. The summed E-state index contributed by atoms with van der Waals surface area (Å²) in [6.07, 6.45) is 10.4. The topological polar surface area (TPSA) is 3.24 Å². The Balaban J connectivity index is 0.00000182. The number of nitrogens with zero attached hydrogens (tertiary/aromatic N) is 1. The third-order valence-corrected chi connectivity index (χ3v) is 5.95. The third kappa shape index (κ3) is 3.75. The Hall–Kier alpha value is -1.38. The van der Waals surface area contributed by atoms with E-state index in [1.807, 2.05) is 0 Å². The summed E-state index contributed by atoms with van der Waals surface area (Å²) in [6, 6.07) is 22.1. The van der Waals surface area contributed by atoms with Gasteiger partial charge in [0.1, 0.15) is 0 Å². The normalized spacial score (nSPS) is 20.4. The molecule has 2 aliphatic rings. The van der Waals surface area contributed by atoms with Crippen molar-refractivity contribution in [2.24, 2.45) is 0 Å². The highest BCUT2D eigenvalue weighted by Gasteiger charge is 2.39. The summed E-state index contributed by atoms with van der Waals surface area (Å²) in [5.74, 6) is 0. The van der Waals surface area contributed by atoms with E-state index < -0.39 is 0 Å². The summed E-state index contributed by atoms with van der Waals surface area (Å²) in [5.41, 5.74) is 4.71. The number of hydrogen-bond donors (Lipinski definition) is 0. The molecule has 1 heterocycles. The second-order valence-corrected chi connectivity index (χ2v) is 7.25. The lowest BCUT2D eigenvalue weighted by molar-refractivity contribution is 0.0569. The molecule has 2 aromatic rings. The maximum atomic E-state index is 2.76. The minimum Gasteiger partial charge on any atom is -0.290 e. The smallest absolute Gasteiger partial charge is 0.0464 e. The van der Waals surface area contributed by atoms with Crippen molar-refractivity contribution >= 4 is 22.6 Å². The fraction of sp³-hybridized carbons (Fsp3) is 0.391. The van der Waals surface area contributed by atoms with Gasteiger partial charge in [0.15, 0.2) is 0 Å². The van der Waals surface area contributed by atoms with Gasteiger partial charge in [-0.3, -0.25) is 4.90 Å². The van der Waals surface area contributed by atoms with E-state index in [0.29, 0.717) is 0 Å². The van der Waals surface area contributed by atoms with E-state index in [1.54, 1.807) is 0 Å². The van der Waals surface area contributed by atoms with Crippen molar-refractivity contribution < 1.29 is 0 Å². The lowest BCUT2D eigenvalue weighted by atomic mass is 9.74. The molecular weight excluding hydrogens is 370 g/mol. The highest BCUT2D eigenvalue weighted by molar-refractivity contribution is 8.93. The molecule has 4 rings (SSSR count). The first-order valence-corrected chi connectivity index (χ1v) is 9.44. The molecule has 0 spiro atoms. The molecule has 0 saturated heterocycles. The molecule has 0 bridgehead atoms. The molecule has 1 aliphatic carbocycles. The van der Waals surface area contributed by atoms with Gasteiger partial charge in [0.05, 0.1) is 0 Å². The average Bonchev–Trinajstić information content (AvgIpc) is 2.70. The SMILES string of the molecule is Br.C1=C(c2ccccc2)CCN(C2(c3ccccc3)CCCCC2)C1. The van der Waals surface area contributed by atoms with Crippen LogP contribution >= 0.6 is 17.0 Å². The maximum absolute atomic E-state index is 2.76. The number of hydrogen-bond acceptors (Lipinski definition) is 1. The Bertz CT molecular complexity index is 687. The predicted molar refractivity (Wildman–Crippen MR) is 112 cm³/mol. The first-order chi connectivity index (χ1) is 11.9. The van der Waals surface area contributed by atoms with Crippen molar-refractivity contribution in [3.8, 4) is 0 Å². The van der Waals surface area contributed by atoms with Crippen LogP contribution in [0.2, 0.25) is 0 Å². The van der Waals surface area contributed by atoms with Crippen molar-refractivity contribution in [2.45, 2.75) is 44.1 Å². The van der Waals surface area contributed by atoms with Gasteiger partial charge in [0, 0.05) is 18.6 Å². The Kier molecular flexibility index (Phi) is 6.14. The fourth-order valence-electron chi connectivity index (χ4n) is 4.64. The molecule has 1 nitrogen and oxygen atoms in total. The van der Waals surface area contributed by atoms with E-state index in [4.69, 9.17) is 0 Å². The zero-order chi connectivity index (χ0) is 16.2. The Morgan fingerprint density at radius 3 is 2.00 bits per heavy atom. The molecule has 0 unspecified atom stereocenters. The van der Waals surface area contributed by atoms with Gasteiger partial charge in [-0.05, 0) is 36.0 Å². The van der Waals surface area contributed by atoms with Crippen LogP contribution in [-0.4, -0.2) is 18.0 Å². The monoisotopic (exact) mass is 397 g/mol. The van der Waals surface area contributed by atoms with Crippen LogP contribution in [0.1, 0.15) is 49.7 Å². The number of benzene rings is 2. The van der Waals surface area contributed by atoms with Crippen molar-refractivity contribution in [1.82, 2.24) is 4.90 Å². The summed E-state index contributed by atoms with van der Waals surface area (Å²) in [4.78, 5) is 2.76. The van der Waals surface area contributed by atoms with E-state index >= 15 is 0 Å². The van der Waals surface area contributed by atoms with Crippen LogP contribution < -0.4 is 0 Å². The Morgan fingerprint density at radius 1 is 0.760 bits per heavy atom. The second-order valence-electron chi connectivity index (χ2n) is 7.25. The van der Waals surface area contributed by atoms with E-state index in [0.717, 1.165) is 6.54 Å². The minimum absolute atomic E-state index is 0. The lowest BCUT2D eigenvalue weighted by Gasteiger charge is -2.48. The number of halogens is 1. The molecule has 0 radical (unpaired) electrons. The van der Waals surface area contributed by atoms with Crippen LogP contribution in [0.25, 0.3) is 5.57 Å². The molecule has 0 aromatic heterocycles. The van der Waals surface area contributed by atoms with Crippen LogP contribution in [-0.2, 0) is 5.54 Å². The summed E-state index contributed by atoms with van der Waals surface area (Å²) in [7, 11) is 0. The van der Waals surface area contributed by atoms with Crippen molar-refractivity contribution in [2.75, 3.05) is 13.1 Å². The molecule has 0 amide bonds. The molecule has 132 valence electrons. The quantitative estimate of drug-likeness (QED) is 0.594. The fourth-order valence-corrected chi connectivity index (χ4v) is 4.64. The van der Waals surface area contributed by atoms with Crippen LogP contribution in [0.4, 0.5) is 0 Å². The highest BCUT2D eigenvalue weighted by Crippen LogP contribution is 2.43. The molecular formula is C23H28BrN. The van der Waals surface area contributed by atoms with Crippen molar-refractivity contribution in [3.63, 3.8) is 0 Å². The molecule has 1 fully saturated rings. The third-order valence-electron chi connectivity index (χ3n) is 5.95. The molecule has 2 aromatic carbocycles. The van der Waals surface area contributed by atoms with E-state index in [2.05, 4.69) is 71.6 Å². The zero-order valence-corrected chi connectivity index (χ0v) is 16.6. The molecule has 1 aliphatic heterocycles. The molecule has 2 heteroatoms. The summed E-state index contributed by atoms with van der Waals surface area (Å²) in [5, 5.41) is 0. The second kappa shape index (κ2) is 8.33. The predicted octanol–water partition coefficient (Wildman–Crippen LogP) is 6.21. The van der Waals surface area contributed by atoms with Gasteiger partial charge >= 0.3 is 0 Å². The van der Waals surface area contributed by atoms with E-state index in [9.17, 15) is 0 Å².